The van der Waals surface area contributed by atoms with Gasteiger partial charge in [0.2, 0.25) is 0 Å². The van der Waals surface area contributed by atoms with Crippen LogP contribution in [0.25, 0.3) is 33.4 Å². The van der Waals surface area contributed by atoms with Gasteiger partial charge in [-0.2, -0.15) is 0 Å². The Balaban J connectivity index is 1.08. The fourth-order valence-corrected chi connectivity index (χ4v) is 8.88. The highest BCUT2D eigenvalue weighted by atomic mass is 15.1. The van der Waals surface area contributed by atoms with E-state index in [1.54, 1.807) is 0 Å². The molecular formula is C55H48N2. The molecule has 0 spiro atoms. The lowest BCUT2D eigenvalue weighted by Gasteiger charge is -2.29. The molecule has 57 heavy (non-hydrogen) atoms. The lowest BCUT2D eigenvalue weighted by Crippen LogP contribution is -2.15. The van der Waals surface area contributed by atoms with Crippen molar-refractivity contribution < 1.29 is 0 Å². The lowest BCUT2D eigenvalue weighted by atomic mass is 9.82. The molecule has 0 heterocycles. The molecule has 8 aromatic carbocycles. The summed E-state index contributed by atoms with van der Waals surface area (Å²) in [6, 6.07) is 66.9. The van der Waals surface area contributed by atoms with Crippen molar-refractivity contribution in [3.8, 4) is 33.4 Å². The first kappa shape index (κ1) is 36.0. The highest BCUT2D eigenvalue weighted by Gasteiger charge is 2.35. The van der Waals surface area contributed by atoms with Crippen molar-refractivity contribution in [2.24, 2.45) is 0 Å². The summed E-state index contributed by atoms with van der Waals surface area (Å²) in [5.41, 5.74) is 22.1. The van der Waals surface area contributed by atoms with Gasteiger partial charge in [0.15, 0.2) is 0 Å². The zero-order valence-electron chi connectivity index (χ0n) is 33.7. The number of hydrogen-bond acceptors (Lipinski definition) is 2. The van der Waals surface area contributed by atoms with Gasteiger partial charge in [0.05, 0.1) is 0 Å². The molecule has 0 amide bonds. The lowest BCUT2D eigenvalue weighted by molar-refractivity contribution is 0.660. The van der Waals surface area contributed by atoms with Crippen molar-refractivity contribution in [3.05, 3.63) is 215 Å². The van der Waals surface area contributed by atoms with Crippen LogP contribution in [0.2, 0.25) is 0 Å². The van der Waals surface area contributed by atoms with Crippen LogP contribution in [-0.2, 0) is 5.41 Å². The van der Waals surface area contributed by atoms with Gasteiger partial charge in [-0.05, 0) is 144 Å². The molecule has 1 aliphatic rings. The first-order valence-corrected chi connectivity index (χ1v) is 20.0. The van der Waals surface area contributed by atoms with Crippen molar-refractivity contribution in [2.45, 2.75) is 47.0 Å². The van der Waals surface area contributed by atoms with Gasteiger partial charge in [0.1, 0.15) is 0 Å². The summed E-state index contributed by atoms with van der Waals surface area (Å²) in [5.74, 6) is 0. The molecule has 0 aliphatic heterocycles. The van der Waals surface area contributed by atoms with E-state index in [0.717, 1.165) is 22.7 Å². The molecule has 0 saturated carbocycles. The van der Waals surface area contributed by atoms with Crippen molar-refractivity contribution in [3.63, 3.8) is 0 Å². The third-order valence-electron chi connectivity index (χ3n) is 11.8. The quantitative estimate of drug-likeness (QED) is 0.153. The summed E-state index contributed by atoms with van der Waals surface area (Å²) in [6.07, 6.45) is 0. The van der Waals surface area contributed by atoms with Gasteiger partial charge in [-0.25, -0.2) is 0 Å². The highest BCUT2D eigenvalue weighted by Crippen LogP contribution is 2.51. The molecular weight excluding hydrogens is 689 g/mol. The van der Waals surface area contributed by atoms with Crippen molar-refractivity contribution in [2.75, 3.05) is 9.80 Å². The van der Waals surface area contributed by atoms with Gasteiger partial charge >= 0.3 is 0 Å². The fraction of sp³-hybridized carbons (Fsp3) is 0.127. The second kappa shape index (κ2) is 14.5. The van der Waals surface area contributed by atoms with Crippen LogP contribution in [0.3, 0.4) is 0 Å². The minimum Gasteiger partial charge on any atom is -0.310 e. The summed E-state index contributed by atoms with van der Waals surface area (Å²) >= 11 is 0. The number of benzene rings is 8. The Morgan fingerprint density at radius 1 is 0.333 bits per heavy atom. The van der Waals surface area contributed by atoms with Crippen LogP contribution in [0.5, 0.6) is 0 Å². The third kappa shape index (κ3) is 6.62. The average Bonchev–Trinajstić information content (AvgIpc) is 3.46. The average molecular weight is 737 g/mol. The molecule has 2 heteroatoms. The molecule has 0 unspecified atom stereocenters. The Morgan fingerprint density at radius 3 is 1.39 bits per heavy atom. The van der Waals surface area contributed by atoms with Gasteiger partial charge in [-0.1, -0.05) is 146 Å². The van der Waals surface area contributed by atoms with Crippen LogP contribution < -0.4 is 9.80 Å². The Morgan fingerprint density at radius 2 is 0.807 bits per heavy atom. The standard InChI is InChI=1S/C55H48N2/c1-37-19-31-53(39(3)33-37)56(47-16-12-15-44(35-47)41-13-8-7-9-14-41)45-25-21-42(22-26-45)43-23-27-46(28-24-43)57(54-32-20-38(2)34-40(54)4)48-29-30-52-50(36-48)49-17-10-11-18-51(49)55(52,5)6/h7-36H,1-6H3. The molecule has 0 saturated heterocycles. The predicted molar refractivity (Wildman–Crippen MR) is 243 cm³/mol. The smallest absolute Gasteiger partial charge is 0.0490 e. The molecule has 9 rings (SSSR count). The molecule has 0 bridgehead atoms. The minimum atomic E-state index is -0.0333. The van der Waals surface area contributed by atoms with E-state index in [2.05, 4.69) is 233 Å². The molecule has 2 nitrogen and oxygen atoms in total. The number of fused-ring (bicyclic) bond motifs is 3. The van der Waals surface area contributed by atoms with E-state index >= 15 is 0 Å². The Hall–Kier alpha value is -6.64. The minimum absolute atomic E-state index is 0.0333. The molecule has 0 aromatic heterocycles. The largest absolute Gasteiger partial charge is 0.310 e. The summed E-state index contributed by atoms with van der Waals surface area (Å²) in [5, 5.41) is 0. The van der Waals surface area contributed by atoms with Gasteiger partial charge in [0, 0.05) is 39.5 Å². The zero-order chi connectivity index (χ0) is 39.3. The van der Waals surface area contributed by atoms with E-state index in [9.17, 15) is 0 Å². The molecule has 0 atom stereocenters. The molecule has 8 aromatic rings. The summed E-state index contributed by atoms with van der Waals surface area (Å²) in [6.45, 7) is 13.4. The van der Waals surface area contributed by atoms with Crippen LogP contribution in [0.15, 0.2) is 182 Å². The zero-order valence-corrected chi connectivity index (χ0v) is 33.7. The number of anilines is 6. The monoisotopic (exact) mass is 736 g/mol. The van der Waals surface area contributed by atoms with E-state index < -0.39 is 0 Å². The van der Waals surface area contributed by atoms with Crippen LogP contribution in [-0.4, -0.2) is 0 Å². The topological polar surface area (TPSA) is 6.48 Å². The summed E-state index contributed by atoms with van der Waals surface area (Å²) in [7, 11) is 0. The Kier molecular flexibility index (Phi) is 9.14. The second-order valence-corrected chi connectivity index (χ2v) is 16.2. The first-order valence-electron chi connectivity index (χ1n) is 20.0. The normalized spacial score (nSPS) is 12.5. The molecule has 0 fully saturated rings. The fourth-order valence-electron chi connectivity index (χ4n) is 8.88. The van der Waals surface area contributed by atoms with E-state index in [4.69, 9.17) is 0 Å². The summed E-state index contributed by atoms with van der Waals surface area (Å²) < 4.78 is 0. The van der Waals surface area contributed by atoms with Crippen LogP contribution in [0, 0.1) is 27.7 Å². The van der Waals surface area contributed by atoms with Gasteiger partial charge in [-0.15, -0.1) is 0 Å². The number of nitrogens with zero attached hydrogens (tertiary/aromatic N) is 2. The maximum atomic E-state index is 2.42. The van der Waals surface area contributed by atoms with Crippen molar-refractivity contribution in [1.29, 1.82) is 0 Å². The van der Waals surface area contributed by atoms with Crippen LogP contribution in [0.1, 0.15) is 47.2 Å². The van der Waals surface area contributed by atoms with E-state index in [-0.39, 0.29) is 5.41 Å². The maximum absolute atomic E-state index is 2.42. The maximum Gasteiger partial charge on any atom is 0.0490 e. The molecule has 0 radical (unpaired) electrons. The van der Waals surface area contributed by atoms with E-state index in [0.29, 0.717) is 0 Å². The Bertz CT molecular complexity index is 2740. The number of hydrogen-bond donors (Lipinski definition) is 0. The van der Waals surface area contributed by atoms with Crippen molar-refractivity contribution >= 4 is 34.1 Å². The predicted octanol–water partition coefficient (Wildman–Crippen LogP) is 15.5. The van der Waals surface area contributed by atoms with Gasteiger partial charge in [0.25, 0.3) is 0 Å². The van der Waals surface area contributed by atoms with E-state index in [1.807, 2.05) is 0 Å². The van der Waals surface area contributed by atoms with E-state index in [1.165, 1.54) is 78.1 Å². The Labute approximate surface area is 338 Å². The van der Waals surface area contributed by atoms with Gasteiger partial charge in [-0.3, -0.25) is 0 Å². The molecule has 1 aliphatic carbocycles. The third-order valence-corrected chi connectivity index (χ3v) is 11.8. The summed E-state index contributed by atoms with van der Waals surface area (Å²) in [4.78, 5) is 4.80. The number of aryl methyl sites for hydroxylation is 4. The SMILES string of the molecule is Cc1ccc(N(c2ccc(-c3ccc(N(c4ccc5c(c4)-c4ccccc4C5(C)C)c4ccc(C)cc4C)cc3)cc2)c2cccc(-c3ccccc3)c2)c(C)c1. The van der Waals surface area contributed by atoms with Crippen molar-refractivity contribution in [1.82, 2.24) is 0 Å². The highest BCUT2D eigenvalue weighted by molar-refractivity contribution is 5.88. The van der Waals surface area contributed by atoms with Crippen LogP contribution in [0.4, 0.5) is 34.1 Å². The number of rotatable bonds is 8. The van der Waals surface area contributed by atoms with Crippen LogP contribution >= 0.6 is 0 Å². The second-order valence-electron chi connectivity index (χ2n) is 16.2. The first-order chi connectivity index (χ1) is 27.7. The van der Waals surface area contributed by atoms with Gasteiger partial charge < -0.3 is 9.80 Å². The molecule has 0 N–H and O–H groups in total. The molecule has 278 valence electrons.